The second-order valence-electron chi connectivity index (χ2n) is 11.5. The van der Waals surface area contributed by atoms with Crippen molar-refractivity contribution in [3.8, 4) is 34.5 Å². The highest BCUT2D eigenvalue weighted by Crippen LogP contribution is 2.39. The van der Waals surface area contributed by atoms with E-state index in [0.29, 0.717) is 56.4 Å². The number of nitrogens with zero attached hydrogens (tertiary/aromatic N) is 2. The molecule has 3 aromatic carbocycles. The molecule has 11 nitrogen and oxygen atoms in total. The van der Waals surface area contributed by atoms with E-state index >= 15 is 0 Å². The smallest absolute Gasteiger partial charge is 0.243 e. The van der Waals surface area contributed by atoms with Crippen LogP contribution in [0, 0.1) is 6.92 Å². The third-order valence-corrected chi connectivity index (χ3v) is 8.98. The van der Waals surface area contributed by atoms with E-state index in [-0.39, 0.29) is 61.6 Å². The van der Waals surface area contributed by atoms with Gasteiger partial charge in [0.1, 0.15) is 17.5 Å². The Morgan fingerprint density at radius 3 is 2.70 bits per heavy atom. The summed E-state index contributed by atoms with van der Waals surface area (Å²) < 4.78 is 17.5. The molecule has 1 saturated heterocycles. The number of phenols is 1. The van der Waals surface area contributed by atoms with Crippen LogP contribution < -0.4 is 20.1 Å². The third kappa shape index (κ3) is 7.16. The van der Waals surface area contributed by atoms with Crippen LogP contribution in [0.1, 0.15) is 35.4 Å². The van der Waals surface area contributed by atoms with Gasteiger partial charge in [-0.2, -0.15) is 0 Å². The molecule has 0 spiro atoms. The molecule has 2 atom stereocenters. The highest BCUT2D eigenvalue weighted by molar-refractivity contribution is 6.42. The SMILES string of the molecule is COc1ccc2cc1Oc1cc(ccc1O)CCC(=O)N1C[C@@H](NC(=O)Cc3ccc(Cl)c(Cl)c3)C[C@H]1C(=O)NCc1nc-2oc1C. The Balaban J connectivity index is 1.27. The van der Waals surface area contributed by atoms with Gasteiger partial charge in [0.25, 0.3) is 0 Å². The summed E-state index contributed by atoms with van der Waals surface area (Å²) in [6.45, 7) is 1.98. The molecule has 4 aromatic rings. The summed E-state index contributed by atoms with van der Waals surface area (Å²) >= 11 is 12.1. The van der Waals surface area contributed by atoms with Gasteiger partial charge in [-0.05, 0) is 73.4 Å². The lowest BCUT2D eigenvalue weighted by atomic mass is 10.1. The number of carbonyl (C=O) groups excluding carboxylic acids is 3. The summed E-state index contributed by atoms with van der Waals surface area (Å²) in [5, 5.41) is 17.2. The Morgan fingerprint density at radius 1 is 1.09 bits per heavy atom. The molecule has 47 heavy (non-hydrogen) atoms. The highest BCUT2D eigenvalue weighted by atomic mass is 35.5. The predicted molar refractivity (Wildman–Crippen MR) is 174 cm³/mol. The first-order valence-corrected chi connectivity index (χ1v) is 15.8. The molecule has 0 unspecified atom stereocenters. The molecule has 244 valence electrons. The maximum Gasteiger partial charge on any atom is 0.243 e. The van der Waals surface area contributed by atoms with E-state index in [0.717, 1.165) is 5.56 Å². The Hall–Kier alpha value is -4.74. The molecule has 2 aliphatic heterocycles. The fraction of sp³-hybridized carbons (Fsp3) is 0.294. The topological polar surface area (TPSA) is 143 Å². The molecule has 6 rings (SSSR count). The summed E-state index contributed by atoms with van der Waals surface area (Å²) in [6, 6.07) is 13.8. The van der Waals surface area contributed by atoms with Crippen molar-refractivity contribution in [3.63, 3.8) is 0 Å². The van der Waals surface area contributed by atoms with Gasteiger partial charge in [0.05, 0.1) is 30.1 Å². The van der Waals surface area contributed by atoms with Crippen LogP contribution in [-0.4, -0.2) is 58.5 Å². The maximum absolute atomic E-state index is 13.6. The minimum absolute atomic E-state index is 0.0611. The van der Waals surface area contributed by atoms with Gasteiger partial charge < -0.3 is 34.5 Å². The lowest BCUT2D eigenvalue weighted by Crippen LogP contribution is -2.46. The largest absolute Gasteiger partial charge is 0.504 e. The van der Waals surface area contributed by atoms with Crippen molar-refractivity contribution in [3.05, 3.63) is 87.2 Å². The Morgan fingerprint density at radius 2 is 1.91 bits per heavy atom. The normalized spacial score (nSPS) is 18.0. The Kier molecular flexibility index (Phi) is 9.28. The third-order valence-electron chi connectivity index (χ3n) is 8.24. The average molecular weight is 680 g/mol. The van der Waals surface area contributed by atoms with Crippen LogP contribution >= 0.6 is 23.2 Å². The number of hydrogen-bond acceptors (Lipinski definition) is 8. The standard InChI is InChI=1S/C34H32Cl2N4O7/c1-18-25-16-37-33(44)26-15-22(38-31(42)13-20-3-7-23(35)24(36)11-20)17-40(26)32(43)10-5-19-4-8-27(41)29(12-19)47-30-14-21(34(39-25)46-18)6-9-28(30)45-2/h3-4,6-9,11-12,14,22,26,41H,5,10,13,15-17H2,1-2H3,(H,37,44)(H,38,42)/t22-,26-/m0/s1. The second kappa shape index (κ2) is 13.5. The first kappa shape index (κ1) is 32.2. The van der Waals surface area contributed by atoms with Crippen molar-refractivity contribution in [1.29, 1.82) is 0 Å². The number of ether oxygens (including phenoxy) is 2. The summed E-state index contributed by atoms with van der Waals surface area (Å²) in [5.41, 5.74) is 2.54. The van der Waals surface area contributed by atoms with Crippen LogP contribution in [-0.2, 0) is 33.8 Å². The Labute approximate surface area is 280 Å². The quantitative estimate of drug-likeness (QED) is 0.262. The molecule has 2 aliphatic rings. The second-order valence-corrected chi connectivity index (χ2v) is 12.3. The average Bonchev–Trinajstić information content (AvgIpc) is 3.64. The van der Waals surface area contributed by atoms with E-state index in [1.165, 1.54) is 18.1 Å². The minimum Gasteiger partial charge on any atom is -0.504 e. The lowest BCUT2D eigenvalue weighted by Gasteiger charge is -2.24. The molecule has 1 fully saturated rings. The van der Waals surface area contributed by atoms with Crippen LogP contribution in [0.2, 0.25) is 10.0 Å². The Bertz CT molecular complexity index is 1860. The first-order chi connectivity index (χ1) is 22.6. The number of aryl methyl sites for hydroxylation is 2. The first-order valence-electron chi connectivity index (χ1n) is 15.0. The summed E-state index contributed by atoms with van der Waals surface area (Å²) in [4.78, 5) is 46.3. The van der Waals surface area contributed by atoms with E-state index in [1.807, 2.05) is 0 Å². The van der Waals surface area contributed by atoms with Crippen molar-refractivity contribution >= 4 is 40.9 Å². The van der Waals surface area contributed by atoms with Gasteiger partial charge >= 0.3 is 0 Å². The van der Waals surface area contributed by atoms with Gasteiger partial charge in [-0.15, -0.1) is 0 Å². The van der Waals surface area contributed by atoms with E-state index in [2.05, 4.69) is 15.6 Å². The molecule has 0 aliphatic carbocycles. The molecule has 0 radical (unpaired) electrons. The zero-order chi connectivity index (χ0) is 33.2. The van der Waals surface area contributed by atoms with Gasteiger partial charge in [0, 0.05) is 24.6 Å². The van der Waals surface area contributed by atoms with E-state index in [1.54, 1.807) is 55.5 Å². The summed E-state index contributed by atoms with van der Waals surface area (Å²) in [6.07, 6.45) is 0.705. The van der Waals surface area contributed by atoms with Gasteiger partial charge in [0.2, 0.25) is 23.6 Å². The number of fused-ring (bicyclic) bond motifs is 8. The zero-order valence-corrected chi connectivity index (χ0v) is 27.2. The van der Waals surface area contributed by atoms with E-state index < -0.39 is 12.1 Å². The number of benzene rings is 3. The fourth-order valence-electron chi connectivity index (χ4n) is 5.78. The molecule has 3 heterocycles. The van der Waals surface area contributed by atoms with E-state index in [9.17, 15) is 19.5 Å². The van der Waals surface area contributed by atoms with Crippen molar-refractivity contribution in [1.82, 2.24) is 20.5 Å². The van der Waals surface area contributed by atoms with Crippen LogP contribution in [0.15, 0.2) is 59.0 Å². The molecule has 13 heteroatoms. The van der Waals surface area contributed by atoms with Crippen molar-refractivity contribution < 1.29 is 33.4 Å². The van der Waals surface area contributed by atoms with Gasteiger partial charge in [-0.3, -0.25) is 14.4 Å². The number of phenolic OH excluding ortho intramolecular Hbond substituents is 1. The van der Waals surface area contributed by atoms with Gasteiger partial charge in [-0.25, -0.2) is 4.98 Å². The lowest BCUT2D eigenvalue weighted by molar-refractivity contribution is -0.138. The summed E-state index contributed by atoms with van der Waals surface area (Å²) in [7, 11) is 1.51. The van der Waals surface area contributed by atoms with Gasteiger partial charge in [-0.1, -0.05) is 35.3 Å². The maximum atomic E-state index is 13.6. The number of aromatic nitrogens is 1. The monoisotopic (exact) mass is 678 g/mol. The number of nitrogens with one attached hydrogen (secondary N) is 2. The number of oxazole rings is 1. The molecule has 0 saturated carbocycles. The molecular formula is C34H32Cl2N4O7. The van der Waals surface area contributed by atoms with Crippen LogP contribution in [0.4, 0.5) is 0 Å². The van der Waals surface area contributed by atoms with E-state index in [4.69, 9.17) is 37.1 Å². The fourth-order valence-corrected chi connectivity index (χ4v) is 6.10. The van der Waals surface area contributed by atoms with Crippen LogP contribution in [0.25, 0.3) is 11.5 Å². The minimum atomic E-state index is -0.814. The van der Waals surface area contributed by atoms with Crippen LogP contribution in [0.3, 0.4) is 0 Å². The number of carbonyl (C=O) groups is 3. The number of hydrogen-bond donors (Lipinski definition) is 3. The molecule has 3 amide bonds. The molecule has 6 bridgehead atoms. The number of amides is 3. The van der Waals surface area contributed by atoms with Gasteiger partial charge in [0.15, 0.2) is 23.0 Å². The number of halogens is 2. The molecule has 1 aromatic heterocycles. The molecule has 3 N–H and O–H groups in total. The van der Waals surface area contributed by atoms with Crippen molar-refractivity contribution in [2.75, 3.05) is 13.7 Å². The predicted octanol–water partition coefficient (Wildman–Crippen LogP) is 5.35. The van der Waals surface area contributed by atoms with Crippen LogP contribution in [0.5, 0.6) is 23.0 Å². The van der Waals surface area contributed by atoms with Crippen molar-refractivity contribution in [2.24, 2.45) is 0 Å². The summed E-state index contributed by atoms with van der Waals surface area (Å²) in [5.74, 6) is 0.773. The number of aromatic hydroxyl groups is 1. The molecular weight excluding hydrogens is 647 g/mol. The zero-order valence-electron chi connectivity index (χ0n) is 25.6. The number of rotatable bonds is 4. The van der Waals surface area contributed by atoms with Crippen molar-refractivity contribution in [2.45, 2.75) is 51.2 Å². The number of methoxy groups -OCH3 is 1. The highest BCUT2D eigenvalue weighted by Gasteiger charge is 2.40.